The molecule has 0 aromatic carbocycles. The lowest BCUT2D eigenvalue weighted by molar-refractivity contribution is -0.109. The van der Waals surface area contributed by atoms with Gasteiger partial charge in [-0.1, -0.05) is 0 Å². The quantitative estimate of drug-likeness (QED) is 0.321. The summed E-state index contributed by atoms with van der Waals surface area (Å²) in [5.41, 5.74) is 0.0764. The van der Waals surface area contributed by atoms with Gasteiger partial charge in [-0.15, -0.1) is 0 Å². The Morgan fingerprint density at radius 2 is 2.00 bits per heavy atom. The first-order valence-corrected chi connectivity index (χ1v) is 2.55. The number of aldehydes is 1. The van der Waals surface area contributed by atoms with Crippen LogP contribution in [0.25, 0.3) is 0 Å². The Kier molecular flexibility index (Phi) is 0.152. The zero-order valence-electron chi connectivity index (χ0n) is 3.72. The Balaban J connectivity index is 2.21. The van der Waals surface area contributed by atoms with Gasteiger partial charge in [0.25, 0.3) is 0 Å². The Hall–Kier alpha value is -0.265. The summed E-state index contributed by atoms with van der Waals surface area (Å²) in [5.74, 6) is 1.30. The van der Waals surface area contributed by atoms with E-state index >= 15 is 0 Å². The van der Waals surface area contributed by atoms with Crippen molar-refractivity contribution in [2.24, 2.45) is 17.3 Å². The molecule has 0 amide bonds. The monoisotopic (exact) mass is 90.0 g/mol. The molecule has 2 heteroatoms. The van der Waals surface area contributed by atoms with Crippen molar-refractivity contribution in [3.8, 4) is 0 Å². The highest BCUT2D eigenvalue weighted by molar-refractivity contribution is 6.33. The Morgan fingerprint density at radius 1 is 1.57 bits per heavy atom. The SMILES string of the molecule is [B]C12C3C1C32C=O. The number of carbonyl (C=O) groups is 1. The van der Waals surface area contributed by atoms with Crippen molar-refractivity contribution < 1.29 is 4.79 Å². The van der Waals surface area contributed by atoms with Crippen molar-refractivity contribution in [3.63, 3.8) is 0 Å². The van der Waals surface area contributed by atoms with Crippen LogP contribution < -0.4 is 0 Å². The summed E-state index contributed by atoms with van der Waals surface area (Å²) >= 11 is 0. The molecule has 0 saturated heterocycles. The zero-order valence-corrected chi connectivity index (χ0v) is 3.72. The van der Waals surface area contributed by atoms with Gasteiger partial charge in [0.1, 0.15) is 6.29 Å². The molecule has 4 aliphatic carbocycles. The van der Waals surface area contributed by atoms with Crippen LogP contribution in [-0.2, 0) is 4.79 Å². The van der Waals surface area contributed by atoms with Gasteiger partial charge in [-0.05, 0) is 17.2 Å². The van der Waals surface area contributed by atoms with Gasteiger partial charge < -0.3 is 4.79 Å². The average molecular weight is 89.9 g/mol. The van der Waals surface area contributed by atoms with Crippen LogP contribution in [0, 0.1) is 17.3 Å². The molecule has 0 N–H and O–H groups in total. The predicted molar refractivity (Wildman–Crippen MR) is 23.9 cm³/mol. The van der Waals surface area contributed by atoms with Gasteiger partial charge in [-0.3, -0.25) is 0 Å². The number of carbonyl (C=O) groups excluding carboxylic acids is 1. The van der Waals surface area contributed by atoms with Crippen molar-refractivity contribution in [1.82, 2.24) is 0 Å². The van der Waals surface area contributed by atoms with E-state index in [2.05, 4.69) is 0 Å². The maximum Gasteiger partial charge on any atom is 0.126 e. The summed E-state index contributed by atoms with van der Waals surface area (Å²) in [4.78, 5) is 10.1. The highest BCUT2D eigenvalue weighted by Crippen LogP contribution is 3.21. The minimum absolute atomic E-state index is 0.0764. The summed E-state index contributed by atoms with van der Waals surface area (Å²) in [6.07, 6.45) is 1.04. The molecule has 0 heterocycles. The van der Waals surface area contributed by atoms with E-state index in [1.54, 1.807) is 0 Å². The first-order valence-electron chi connectivity index (χ1n) is 2.55. The van der Waals surface area contributed by atoms with E-state index < -0.39 is 0 Å². The van der Waals surface area contributed by atoms with Gasteiger partial charge in [0, 0.05) is 5.41 Å². The van der Waals surface area contributed by atoms with Crippen LogP contribution >= 0.6 is 0 Å². The first-order chi connectivity index (χ1) is 3.30. The third kappa shape index (κ3) is 0.0794. The van der Waals surface area contributed by atoms with E-state index in [0.717, 1.165) is 6.29 Å². The molecule has 0 aromatic heterocycles. The lowest BCUT2D eigenvalue weighted by Crippen LogP contribution is -1.74. The number of hydrogen-bond donors (Lipinski definition) is 0. The van der Waals surface area contributed by atoms with Crippen LogP contribution in [0.2, 0.25) is 5.31 Å². The number of rotatable bonds is 1. The van der Waals surface area contributed by atoms with Crippen molar-refractivity contribution in [2.75, 3.05) is 0 Å². The molecule has 4 rings (SSSR count). The Labute approximate surface area is 42.5 Å². The van der Waals surface area contributed by atoms with Crippen molar-refractivity contribution in [3.05, 3.63) is 0 Å². The summed E-state index contributed by atoms with van der Waals surface area (Å²) in [5, 5.41) is 0.0781. The number of hydrogen-bond acceptors (Lipinski definition) is 1. The topological polar surface area (TPSA) is 17.1 Å². The molecule has 4 saturated carbocycles. The highest BCUT2D eigenvalue weighted by atomic mass is 16.1. The van der Waals surface area contributed by atoms with Crippen LogP contribution in [0.3, 0.4) is 0 Å². The van der Waals surface area contributed by atoms with Crippen LogP contribution in [0.15, 0.2) is 0 Å². The van der Waals surface area contributed by atoms with Crippen molar-refractivity contribution >= 4 is 14.1 Å². The smallest absolute Gasteiger partial charge is 0.126 e. The van der Waals surface area contributed by atoms with Gasteiger partial charge in [0.2, 0.25) is 0 Å². The molecule has 2 unspecified atom stereocenters. The standard InChI is InChI=1S/C5H3BO/c6-5-2-3(5)4(2,5)1-7/h1-3H. The molecule has 4 fully saturated rings. The minimum Gasteiger partial charge on any atom is -0.303 e. The van der Waals surface area contributed by atoms with Gasteiger partial charge in [0.05, 0.1) is 7.85 Å². The predicted octanol–water partition coefficient (Wildman–Crippen LogP) is -0.228. The molecule has 0 bridgehead atoms. The van der Waals surface area contributed by atoms with Gasteiger partial charge >= 0.3 is 0 Å². The molecule has 2 atom stereocenters. The van der Waals surface area contributed by atoms with Gasteiger partial charge in [-0.25, -0.2) is 0 Å². The van der Waals surface area contributed by atoms with E-state index in [1.807, 2.05) is 0 Å². The van der Waals surface area contributed by atoms with Crippen LogP contribution in [0.4, 0.5) is 0 Å². The third-order valence-corrected chi connectivity index (χ3v) is 2.95. The van der Waals surface area contributed by atoms with E-state index in [1.165, 1.54) is 0 Å². The highest BCUT2D eigenvalue weighted by Gasteiger charge is 3.16. The summed E-state index contributed by atoms with van der Waals surface area (Å²) in [6, 6.07) is 0. The second-order valence-corrected chi connectivity index (χ2v) is 2.94. The van der Waals surface area contributed by atoms with E-state index in [0.29, 0.717) is 11.8 Å². The molecule has 7 heavy (non-hydrogen) atoms. The molecule has 0 aromatic rings. The molecular formula is C5H3BO. The van der Waals surface area contributed by atoms with Gasteiger partial charge in [0.15, 0.2) is 0 Å². The lowest BCUT2D eigenvalue weighted by atomic mass is 9.99. The minimum atomic E-state index is 0.0764. The van der Waals surface area contributed by atoms with Crippen molar-refractivity contribution in [1.29, 1.82) is 0 Å². The first kappa shape index (κ1) is 2.90. The van der Waals surface area contributed by atoms with Crippen LogP contribution in [-0.4, -0.2) is 14.1 Å². The Morgan fingerprint density at radius 3 is 2.00 bits per heavy atom. The van der Waals surface area contributed by atoms with Gasteiger partial charge in [-0.2, -0.15) is 0 Å². The maximum atomic E-state index is 10.1. The third-order valence-electron chi connectivity index (χ3n) is 2.95. The molecule has 4 aliphatic rings. The van der Waals surface area contributed by atoms with Crippen LogP contribution in [0.5, 0.6) is 0 Å². The average Bonchev–Trinajstić information content (AvgIpc) is 2.38. The van der Waals surface area contributed by atoms with Crippen LogP contribution in [0.1, 0.15) is 0 Å². The molecule has 1 nitrogen and oxygen atoms in total. The fourth-order valence-corrected chi connectivity index (χ4v) is 1.97. The van der Waals surface area contributed by atoms with Crippen molar-refractivity contribution in [2.45, 2.75) is 5.31 Å². The molecule has 0 aliphatic heterocycles. The largest absolute Gasteiger partial charge is 0.303 e. The van der Waals surface area contributed by atoms with E-state index in [4.69, 9.17) is 7.85 Å². The lowest BCUT2D eigenvalue weighted by Gasteiger charge is -1.65. The summed E-state index contributed by atoms with van der Waals surface area (Å²) in [6.45, 7) is 0. The summed E-state index contributed by atoms with van der Waals surface area (Å²) < 4.78 is 0. The fourth-order valence-electron chi connectivity index (χ4n) is 1.97. The second kappa shape index (κ2) is 0.366. The molecule has 0 spiro atoms. The molecular weight excluding hydrogens is 86.9 g/mol. The van der Waals surface area contributed by atoms with E-state index in [-0.39, 0.29) is 10.7 Å². The second-order valence-electron chi connectivity index (χ2n) is 2.94. The Bertz CT molecular complexity index is 177. The fraction of sp³-hybridized carbons (Fsp3) is 0.800. The maximum absolute atomic E-state index is 10.1. The molecule has 32 valence electrons. The summed E-state index contributed by atoms with van der Waals surface area (Å²) in [7, 11) is 5.59. The molecule has 2 radical (unpaired) electrons. The normalized spacial score (nSPS) is 87.4. The van der Waals surface area contributed by atoms with E-state index in [9.17, 15) is 4.79 Å². The zero-order chi connectivity index (χ0) is 4.86.